The normalized spacial score (nSPS) is 12.9. The minimum absolute atomic E-state index is 0.0586. The van der Waals surface area contributed by atoms with Crippen molar-refractivity contribution >= 4 is 32.1 Å². The lowest BCUT2D eigenvalue weighted by atomic mass is 10.1. The molecule has 0 spiro atoms. The Bertz CT molecular complexity index is 672. The van der Waals surface area contributed by atoms with E-state index in [-0.39, 0.29) is 10.8 Å². The fraction of sp³-hybridized carbons (Fsp3) is 0.545. The van der Waals surface area contributed by atoms with Crippen molar-refractivity contribution in [1.29, 1.82) is 0 Å². The molecule has 0 aliphatic heterocycles. The molecule has 0 aromatic carbocycles. The van der Waals surface area contributed by atoms with Crippen molar-refractivity contribution < 1.29 is 8.42 Å². The Morgan fingerprint density at radius 2 is 2.21 bits per heavy atom. The summed E-state index contributed by atoms with van der Waals surface area (Å²) < 4.78 is 27.9. The Kier molecular flexibility index (Phi) is 3.84. The third-order valence-corrected chi connectivity index (χ3v) is 5.57. The van der Waals surface area contributed by atoms with Crippen LogP contribution in [0, 0.1) is 5.92 Å². The quantitative estimate of drug-likeness (QED) is 0.910. The topological polar surface area (TPSA) is 80.7 Å². The molecule has 0 aliphatic rings. The molecule has 6 nitrogen and oxygen atoms in total. The molecule has 19 heavy (non-hydrogen) atoms. The number of nitrogen functional groups attached to an aromatic ring is 1. The van der Waals surface area contributed by atoms with Gasteiger partial charge in [0.15, 0.2) is 15.8 Å². The summed E-state index contributed by atoms with van der Waals surface area (Å²) in [6, 6.07) is 0. The molecule has 2 rings (SSSR count). The van der Waals surface area contributed by atoms with Crippen molar-refractivity contribution in [2.45, 2.75) is 25.3 Å². The lowest BCUT2D eigenvalue weighted by Crippen LogP contribution is -2.30. The van der Waals surface area contributed by atoms with Crippen LogP contribution < -0.4 is 5.73 Å². The number of nitrogens with two attached hydrogens (primary N) is 1. The number of rotatable bonds is 5. The molecular weight excluding hydrogens is 284 g/mol. The van der Waals surface area contributed by atoms with Crippen LogP contribution in [0.2, 0.25) is 0 Å². The summed E-state index contributed by atoms with van der Waals surface area (Å²) in [5.41, 5.74) is 5.75. The number of aromatic nitrogens is 2. The predicted octanol–water partition coefficient (Wildman–Crippen LogP) is 1.64. The zero-order chi connectivity index (χ0) is 14.2. The number of nitrogens with zero attached hydrogens (tertiary/aromatic N) is 3. The number of fused-ring (bicyclic) bond motifs is 1. The van der Waals surface area contributed by atoms with Crippen LogP contribution in [0.5, 0.6) is 0 Å². The van der Waals surface area contributed by atoms with Gasteiger partial charge >= 0.3 is 0 Å². The van der Waals surface area contributed by atoms with Gasteiger partial charge in [-0.25, -0.2) is 13.4 Å². The van der Waals surface area contributed by atoms with Gasteiger partial charge in [-0.15, -0.1) is 11.3 Å². The maximum Gasteiger partial charge on any atom is 0.262 e. The average Bonchev–Trinajstić information content (AvgIpc) is 2.84. The summed E-state index contributed by atoms with van der Waals surface area (Å²) in [5, 5.41) is 1.85. The van der Waals surface area contributed by atoms with Gasteiger partial charge in [-0.05, 0) is 12.3 Å². The summed E-state index contributed by atoms with van der Waals surface area (Å²) in [7, 11) is -2.03. The molecule has 0 saturated carbocycles. The van der Waals surface area contributed by atoms with Crippen molar-refractivity contribution in [2.24, 2.45) is 5.92 Å². The highest BCUT2D eigenvalue weighted by Crippen LogP contribution is 2.25. The van der Waals surface area contributed by atoms with Crippen molar-refractivity contribution in [3.8, 4) is 0 Å². The van der Waals surface area contributed by atoms with E-state index in [0.29, 0.717) is 17.4 Å². The summed E-state index contributed by atoms with van der Waals surface area (Å²) >= 11 is 1.36. The van der Waals surface area contributed by atoms with Crippen molar-refractivity contribution in [1.82, 2.24) is 13.7 Å². The first-order valence-corrected chi connectivity index (χ1v) is 8.33. The molecule has 0 aliphatic carbocycles. The van der Waals surface area contributed by atoms with Crippen LogP contribution in [0.25, 0.3) is 4.96 Å². The van der Waals surface area contributed by atoms with E-state index in [1.165, 1.54) is 20.0 Å². The van der Waals surface area contributed by atoms with E-state index in [4.69, 9.17) is 5.73 Å². The first kappa shape index (κ1) is 14.3. The van der Waals surface area contributed by atoms with Gasteiger partial charge in [-0.1, -0.05) is 13.8 Å². The summed E-state index contributed by atoms with van der Waals surface area (Å²) in [4.78, 5) is 4.66. The monoisotopic (exact) mass is 302 g/mol. The molecule has 2 aromatic rings. The second kappa shape index (κ2) is 5.10. The van der Waals surface area contributed by atoms with Crippen LogP contribution in [-0.4, -0.2) is 35.7 Å². The number of anilines is 1. The van der Waals surface area contributed by atoms with Crippen LogP contribution in [0.15, 0.2) is 16.6 Å². The van der Waals surface area contributed by atoms with Crippen LogP contribution >= 0.6 is 11.3 Å². The molecule has 2 heterocycles. The molecule has 0 atom stereocenters. The van der Waals surface area contributed by atoms with Crippen LogP contribution in [0.4, 0.5) is 5.82 Å². The largest absolute Gasteiger partial charge is 0.381 e. The first-order valence-electron chi connectivity index (χ1n) is 6.01. The summed E-state index contributed by atoms with van der Waals surface area (Å²) in [5.74, 6) is 0.504. The molecule has 0 bridgehead atoms. The average molecular weight is 302 g/mol. The molecular formula is C11H18N4O2S2. The zero-order valence-corrected chi connectivity index (χ0v) is 12.8. The number of sulfonamides is 1. The van der Waals surface area contributed by atoms with Gasteiger partial charge in [0.05, 0.1) is 0 Å². The highest BCUT2D eigenvalue weighted by Gasteiger charge is 2.28. The second-order valence-electron chi connectivity index (χ2n) is 4.87. The van der Waals surface area contributed by atoms with Crippen LogP contribution in [0.3, 0.4) is 0 Å². The molecule has 106 valence electrons. The first-order chi connectivity index (χ1) is 8.84. The minimum atomic E-state index is -3.60. The third kappa shape index (κ3) is 2.60. The van der Waals surface area contributed by atoms with Gasteiger partial charge in [0, 0.05) is 25.2 Å². The molecule has 0 fully saturated rings. The van der Waals surface area contributed by atoms with E-state index in [2.05, 4.69) is 18.8 Å². The third-order valence-electron chi connectivity index (χ3n) is 2.92. The molecule has 2 aromatic heterocycles. The highest BCUT2D eigenvalue weighted by molar-refractivity contribution is 7.89. The van der Waals surface area contributed by atoms with Gasteiger partial charge in [0.25, 0.3) is 10.0 Å². The maximum atomic E-state index is 12.5. The summed E-state index contributed by atoms with van der Waals surface area (Å²) in [6.07, 6.45) is 2.48. The fourth-order valence-electron chi connectivity index (χ4n) is 1.75. The van der Waals surface area contributed by atoms with Gasteiger partial charge in [-0.2, -0.15) is 4.31 Å². The molecule has 2 N–H and O–H groups in total. The Morgan fingerprint density at radius 1 is 1.53 bits per heavy atom. The summed E-state index contributed by atoms with van der Waals surface area (Å²) in [6.45, 7) is 4.59. The number of imidazole rings is 1. The lowest BCUT2D eigenvalue weighted by Gasteiger charge is -2.17. The highest BCUT2D eigenvalue weighted by atomic mass is 32.2. The Hall–Kier alpha value is -1.12. The standard InChI is InChI=1S/C11H18N4O2S2/c1-8(2)4-5-14(3)19(16,17)10-9(12)13-11-15(10)6-7-18-11/h6-8H,4-5,12H2,1-3H3. The van der Waals surface area contributed by atoms with E-state index >= 15 is 0 Å². The maximum absolute atomic E-state index is 12.5. The van der Waals surface area contributed by atoms with Crippen molar-refractivity contribution in [3.63, 3.8) is 0 Å². The van der Waals surface area contributed by atoms with Gasteiger partial charge in [0.1, 0.15) is 0 Å². The lowest BCUT2D eigenvalue weighted by molar-refractivity contribution is 0.426. The van der Waals surface area contributed by atoms with Crippen molar-refractivity contribution in [3.05, 3.63) is 11.6 Å². The fourth-order valence-corrected chi connectivity index (χ4v) is 3.87. The molecule has 0 unspecified atom stereocenters. The molecule has 0 amide bonds. The smallest absolute Gasteiger partial charge is 0.262 e. The number of thiazole rings is 1. The Morgan fingerprint density at radius 3 is 2.84 bits per heavy atom. The van der Waals surface area contributed by atoms with E-state index in [1.54, 1.807) is 18.6 Å². The number of hydrogen-bond donors (Lipinski definition) is 1. The SMILES string of the molecule is CC(C)CCN(C)S(=O)(=O)c1c(N)nc2sccn12. The van der Waals surface area contributed by atoms with Gasteiger partial charge in [-0.3, -0.25) is 4.40 Å². The Labute approximate surface area is 116 Å². The molecule has 0 radical (unpaired) electrons. The van der Waals surface area contributed by atoms with Gasteiger partial charge in [0.2, 0.25) is 0 Å². The minimum Gasteiger partial charge on any atom is -0.381 e. The molecule has 0 saturated heterocycles. The molecule has 8 heteroatoms. The van der Waals surface area contributed by atoms with E-state index in [9.17, 15) is 8.42 Å². The van der Waals surface area contributed by atoms with Crippen LogP contribution in [-0.2, 0) is 10.0 Å². The van der Waals surface area contributed by atoms with E-state index in [1.807, 2.05) is 0 Å². The van der Waals surface area contributed by atoms with E-state index in [0.717, 1.165) is 6.42 Å². The predicted molar refractivity (Wildman–Crippen MR) is 76.8 cm³/mol. The van der Waals surface area contributed by atoms with Gasteiger partial charge < -0.3 is 5.73 Å². The van der Waals surface area contributed by atoms with E-state index < -0.39 is 10.0 Å². The number of hydrogen-bond acceptors (Lipinski definition) is 5. The zero-order valence-electron chi connectivity index (χ0n) is 11.2. The Balaban J connectivity index is 2.38. The second-order valence-corrected chi connectivity index (χ2v) is 7.70. The van der Waals surface area contributed by atoms with Crippen molar-refractivity contribution in [2.75, 3.05) is 19.3 Å². The van der Waals surface area contributed by atoms with Crippen LogP contribution in [0.1, 0.15) is 20.3 Å².